The van der Waals surface area contributed by atoms with Crippen LogP contribution in [-0.4, -0.2) is 29.8 Å². The number of ether oxygens (including phenoxy) is 2. The van der Waals surface area contributed by atoms with Crippen LogP contribution in [0.4, 0.5) is 0 Å². The van der Waals surface area contributed by atoms with E-state index in [9.17, 15) is 14.7 Å². The van der Waals surface area contributed by atoms with Crippen LogP contribution in [0.25, 0.3) is 0 Å². The second kappa shape index (κ2) is 4.18. The first-order valence-corrected chi connectivity index (χ1v) is 5.13. The predicted molar refractivity (Wildman–Crippen MR) is 56.9 cm³/mol. The predicted octanol–water partition coefficient (Wildman–Crippen LogP) is 0.579. The third-order valence-corrected chi connectivity index (χ3v) is 2.74. The van der Waals surface area contributed by atoms with Crippen molar-refractivity contribution >= 4 is 11.9 Å². The van der Waals surface area contributed by atoms with Crippen molar-refractivity contribution in [3.63, 3.8) is 0 Å². The van der Waals surface area contributed by atoms with Crippen molar-refractivity contribution < 1.29 is 24.2 Å². The number of rotatable bonds is 2. The summed E-state index contributed by atoms with van der Waals surface area (Å²) in [7, 11) is 1.16. The van der Waals surface area contributed by atoms with Crippen LogP contribution in [0.2, 0.25) is 0 Å². The molecule has 5 heteroatoms. The average molecular weight is 236 g/mol. The number of benzene rings is 1. The van der Waals surface area contributed by atoms with Crippen molar-refractivity contribution in [2.45, 2.75) is 18.1 Å². The minimum absolute atomic E-state index is 0.390. The number of hydrogen-bond acceptors (Lipinski definition) is 5. The Morgan fingerprint density at radius 3 is 2.71 bits per heavy atom. The standard InChI is InChI=1S/C12H12O5/c1-16-11(14)12(15)7-9(13)17-10(12)8-5-3-2-4-6-8/h2-6,10,15H,7H2,1H3/t10-,12-/m1/s1. The fourth-order valence-corrected chi connectivity index (χ4v) is 1.91. The van der Waals surface area contributed by atoms with Gasteiger partial charge in [-0.25, -0.2) is 4.79 Å². The van der Waals surface area contributed by atoms with E-state index in [4.69, 9.17) is 4.74 Å². The van der Waals surface area contributed by atoms with Crippen LogP contribution >= 0.6 is 0 Å². The summed E-state index contributed by atoms with van der Waals surface area (Å²) in [5.74, 6) is -1.48. The Hall–Kier alpha value is -1.88. The van der Waals surface area contributed by atoms with Gasteiger partial charge in [-0.2, -0.15) is 0 Å². The smallest absolute Gasteiger partial charge is 0.342 e. The number of esters is 2. The van der Waals surface area contributed by atoms with Crippen molar-refractivity contribution in [1.82, 2.24) is 0 Å². The lowest BCUT2D eigenvalue weighted by molar-refractivity contribution is -0.168. The zero-order valence-electron chi connectivity index (χ0n) is 9.25. The lowest BCUT2D eigenvalue weighted by Crippen LogP contribution is -2.42. The van der Waals surface area contributed by atoms with Gasteiger partial charge in [0.25, 0.3) is 0 Å². The molecule has 1 aromatic carbocycles. The van der Waals surface area contributed by atoms with E-state index in [1.807, 2.05) is 0 Å². The number of carbonyl (C=O) groups excluding carboxylic acids is 2. The molecule has 0 saturated carbocycles. The van der Waals surface area contributed by atoms with Crippen LogP contribution in [0.3, 0.4) is 0 Å². The monoisotopic (exact) mass is 236 g/mol. The van der Waals surface area contributed by atoms with Crippen molar-refractivity contribution in [3.05, 3.63) is 35.9 Å². The van der Waals surface area contributed by atoms with Gasteiger partial charge in [0.05, 0.1) is 13.5 Å². The Bertz CT molecular complexity index is 441. The van der Waals surface area contributed by atoms with Gasteiger partial charge in [0.1, 0.15) is 0 Å². The maximum atomic E-state index is 11.6. The summed E-state index contributed by atoms with van der Waals surface area (Å²) in [5, 5.41) is 10.2. The van der Waals surface area contributed by atoms with Crippen molar-refractivity contribution in [2.24, 2.45) is 0 Å². The number of cyclic esters (lactones) is 1. The molecule has 90 valence electrons. The largest absolute Gasteiger partial charge is 0.467 e. The number of hydrogen-bond donors (Lipinski definition) is 1. The van der Waals surface area contributed by atoms with E-state index in [0.717, 1.165) is 7.11 Å². The molecule has 1 heterocycles. The molecule has 1 aliphatic heterocycles. The lowest BCUT2D eigenvalue weighted by Gasteiger charge is -2.24. The van der Waals surface area contributed by atoms with Crippen molar-refractivity contribution in [2.75, 3.05) is 7.11 Å². The molecular weight excluding hydrogens is 224 g/mol. The van der Waals surface area contributed by atoms with Gasteiger partial charge in [-0.15, -0.1) is 0 Å². The Labute approximate surface area is 98.0 Å². The molecule has 1 N–H and O–H groups in total. The molecule has 0 unspecified atom stereocenters. The Morgan fingerprint density at radius 2 is 2.12 bits per heavy atom. The molecule has 1 aromatic rings. The molecule has 1 aliphatic rings. The molecule has 2 atom stereocenters. The first kappa shape index (κ1) is 11.6. The molecule has 2 rings (SSSR count). The molecule has 0 aromatic heterocycles. The number of aliphatic hydroxyl groups is 1. The summed E-state index contributed by atoms with van der Waals surface area (Å²) < 4.78 is 9.51. The zero-order valence-corrected chi connectivity index (χ0v) is 9.25. The minimum atomic E-state index is -1.94. The maximum absolute atomic E-state index is 11.6. The highest BCUT2D eigenvalue weighted by atomic mass is 16.6. The highest BCUT2D eigenvalue weighted by molar-refractivity contribution is 5.89. The fraction of sp³-hybridized carbons (Fsp3) is 0.333. The summed E-state index contributed by atoms with van der Waals surface area (Å²) in [6.07, 6.45) is -1.40. The maximum Gasteiger partial charge on any atom is 0.342 e. The molecule has 0 spiro atoms. The van der Waals surface area contributed by atoms with Gasteiger partial charge in [0.15, 0.2) is 6.10 Å². The number of methoxy groups -OCH3 is 1. The second-order valence-corrected chi connectivity index (χ2v) is 3.87. The molecule has 0 radical (unpaired) electrons. The number of carbonyl (C=O) groups is 2. The fourth-order valence-electron chi connectivity index (χ4n) is 1.91. The third-order valence-electron chi connectivity index (χ3n) is 2.74. The van der Waals surface area contributed by atoms with Gasteiger partial charge in [0.2, 0.25) is 5.60 Å². The molecule has 5 nitrogen and oxygen atoms in total. The van der Waals surface area contributed by atoms with Crippen LogP contribution in [-0.2, 0) is 19.1 Å². The van der Waals surface area contributed by atoms with Crippen molar-refractivity contribution in [1.29, 1.82) is 0 Å². The summed E-state index contributed by atoms with van der Waals surface area (Å²) >= 11 is 0. The average Bonchev–Trinajstić information content (AvgIpc) is 2.66. The van der Waals surface area contributed by atoms with Gasteiger partial charge < -0.3 is 14.6 Å². The summed E-state index contributed by atoms with van der Waals surface area (Å²) in [6.45, 7) is 0. The van der Waals surface area contributed by atoms with Crippen LogP contribution in [0.1, 0.15) is 18.1 Å². The lowest BCUT2D eigenvalue weighted by atomic mass is 9.90. The SMILES string of the molecule is COC(=O)[C@@]1(O)CC(=O)O[C@@H]1c1ccccc1. The van der Waals surface area contributed by atoms with Gasteiger partial charge in [0, 0.05) is 0 Å². The van der Waals surface area contributed by atoms with E-state index in [-0.39, 0.29) is 6.42 Å². The molecule has 17 heavy (non-hydrogen) atoms. The molecular formula is C12H12O5. The van der Waals surface area contributed by atoms with Crippen LogP contribution in [0, 0.1) is 0 Å². The van der Waals surface area contributed by atoms with E-state index in [2.05, 4.69) is 4.74 Å². The van der Waals surface area contributed by atoms with E-state index in [0.29, 0.717) is 5.56 Å². The van der Waals surface area contributed by atoms with E-state index in [1.54, 1.807) is 30.3 Å². The van der Waals surface area contributed by atoms with Crippen LogP contribution in [0.5, 0.6) is 0 Å². The first-order chi connectivity index (χ1) is 8.08. The Kier molecular flexibility index (Phi) is 2.85. The van der Waals surface area contributed by atoms with E-state index >= 15 is 0 Å². The van der Waals surface area contributed by atoms with Crippen LogP contribution < -0.4 is 0 Å². The summed E-state index contributed by atoms with van der Waals surface area (Å²) in [6, 6.07) is 8.62. The summed E-state index contributed by atoms with van der Waals surface area (Å²) in [4.78, 5) is 22.8. The van der Waals surface area contributed by atoms with Gasteiger partial charge in [-0.05, 0) is 5.56 Å². The quantitative estimate of drug-likeness (QED) is 0.760. The topological polar surface area (TPSA) is 72.8 Å². The highest BCUT2D eigenvalue weighted by Gasteiger charge is 2.55. The molecule has 0 amide bonds. The summed E-state index contributed by atoms with van der Waals surface area (Å²) in [5.41, 5.74) is -1.38. The second-order valence-electron chi connectivity index (χ2n) is 3.87. The molecule has 1 fully saturated rings. The van der Waals surface area contributed by atoms with Gasteiger partial charge in [-0.3, -0.25) is 4.79 Å². The van der Waals surface area contributed by atoms with E-state index in [1.165, 1.54) is 0 Å². The zero-order chi connectivity index (χ0) is 12.5. The first-order valence-electron chi connectivity index (χ1n) is 5.13. The van der Waals surface area contributed by atoms with Crippen LogP contribution in [0.15, 0.2) is 30.3 Å². The molecule has 0 bridgehead atoms. The normalized spacial score (nSPS) is 27.6. The third kappa shape index (κ3) is 1.89. The Balaban J connectivity index is 2.38. The Morgan fingerprint density at radius 1 is 1.47 bits per heavy atom. The van der Waals surface area contributed by atoms with Gasteiger partial charge >= 0.3 is 11.9 Å². The highest BCUT2D eigenvalue weighted by Crippen LogP contribution is 2.39. The van der Waals surface area contributed by atoms with Crippen molar-refractivity contribution in [3.8, 4) is 0 Å². The minimum Gasteiger partial charge on any atom is -0.467 e. The van der Waals surface area contributed by atoms with Gasteiger partial charge in [-0.1, -0.05) is 30.3 Å². The molecule has 1 saturated heterocycles. The van der Waals surface area contributed by atoms with E-state index < -0.39 is 23.6 Å². The molecule has 0 aliphatic carbocycles.